The van der Waals surface area contributed by atoms with Crippen molar-refractivity contribution < 1.29 is 12.8 Å². The first-order chi connectivity index (χ1) is 13.4. The van der Waals surface area contributed by atoms with Gasteiger partial charge < -0.3 is 5.32 Å². The van der Waals surface area contributed by atoms with Gasteiger partial charge in [0.1, 0.15) is 11.6 Å². The summed E-state index contributed by atoms with van der Waals surface area (Å²) in [6, 6.07) is 13.5. The summed E-state index contributed by atoms with van der Waals surface area (Å²) in [5.41, 5.74) is 1.87. The molecular formula is C21H22FN3O2S. The Kier molecular flexibility index (Phi) is 5.03. The van der Waals surface area contributed by atoms with Gasteiger partial charge in [-0.05, 0) is 67.8 Å². The van der Waals surface area contributed by atoms with E-state index in [0.29, 0.717) is 40.6 Å². The van der Waals surface area contributed by atoms with Crippen LogP contribution in [0.3, 0.4) is 0 Å². The normalized spacial score (nSPS) is 15.6. The van der Waals surface area contributed by atoms with Gasteiger partial charge in [0.15, 0.2) is 0 Å². The summed E-state index contributed by atoms with van der Waals surface area (Å²) >= 11 is 0. The number of halogens is 1. The van der Waals surface area contributed by atoms with Crippen molar-refractivity contribution in [1.29, 1.82) is 0 Å². The van der Waals surface area contributed by atoms with Gasteiger partial charge in [0, 0.05) is 24.2 Å². The highest BCUT2D eigenvalue weighted by atomic mass is 32.2. The van der Waals surface area contributed by atoms with Gasteiger partial charge in [-0.3, -0.25) is 0 Å². The summed E-state index contributed by atoms with van der Waals surface area (Å²) in [6.45, 7) is 2.87. The van der Waals surface area contributed by atoms with Crippen LogP contribution in [0.15, 0.2) is 53.4 Å². The molecule has 1 aromatic heterocycles. The lowest BCUT2D eigenvalue weighted by Gasteiger charge is -2.25. The topological polar surface area (TPSA) is 62.3 Å². The number of aromatic nitrogens is 1. The van der Waals surface area contributed by atoms with Crippen LogP contribution in [0.1, 0.15) is 24.8 Å². The molecule has 0 radical (unpaired) electrons. The number of hydrogen-bond donors (Lipinski definition) is 1. The fraction of sp³-hybridized carbons (Fsp3) is 0.286. The van der Waals surface area contributed by atoms with Crippen molar-refractivity contribution in [3.8, 4) is 0 Å². The van der Waals surface area contributed by atoms with Crippen molar-refractivity contribution in [1.82, 2.24) is 9.29 Å². The van der Waals surface area contributed by atoms with Crippen molar-refractivity contribution in [3.05, 3.63) is 59.9 Å². The molecule has 0 atom stereocenters. The van der Waals surface area contributed by atoms with Gasteiger partial charge in [0.25, 0.3) is 0 Å². The predicted molar refractivity (Wildman–Crippen MR) is 109 cm³/mol. The lowest BCUT2D eigenvalue weighted by molar-refractivity contribution is 0.346. The molecule has 0 spiro atoms. The molecule has 1 saturated heterocycles. The van der Waals surface area contributed by atoms with Gasteiger partial charge >= 0.3 is 0 Å². The molecular weight excluding hydrogens is 377 g/mol. The zero-order valence-electron chi connectivity index (χ0n) is 15.7. The predicted octanol–water partition coefficient (Wildman–Crippen LogP) is 4.60. The van der Waals surface area contributed by atoms with Crippen LogP contribution in [-0.4, -0.2) is 30.8 Å². The van der Waals surface area contributed by atoms with E-state index in [4.69, 9.17) is 0 Å². The zero-order chi connectivity index (χ0) is 19.7. The maximum absolute atomic E-state index is 13.7. The van der Waals surface area contributed by atoms with Crippen LogP contribution in [0, 0.1) is 12.7 Å². The minimum atomic E-state index is -3.47. The number of pyridine rings is 1. The first-order valence-corrected chi connectivity index (χ1v) is 10.8. The van der Waals surface area contributed by atoms with Crippen molar-refractivity contribution >= 4 is 32.4 Å². The van der Waals surface area contributed by atoms with Crippen LogP contribution in [0.2, 0.25) is 0 Å². The third kappa shape index (κ3) is 3.72. The van der Waals surface area contributed by atoms with Gasteiger partial charge in [-0.2, -0.15) is 4.31 Å². The van der Waals surface area contributed by atoms with Crippen LogP contribution >= 0.6 is 0 Å². The Morgan fingerprint density at radius 2 is 1.79 bits per heavy atom. The van der Waals surface area contributed by atoms with E-state index in [1.165, 1.54) is 6.07 Å². The standard InChI is InChI=1S/C21H22FN3O2S/c1-15-5-7-17(14-19(15)22)23-21-10-6-16-13-18(8-9-20(16)24-21)28(26,27)25-11-3-2-4-12-25/h5-10,13-14H,2-4,11-12H2,1H3,(H,23,24). The maximum Gasteiger partial charge on any atom is 0.243 e. The molecule has 0 aliphatic carbocycles. The van der Waals surface area contributed by atoms with Crippen LogP contribution in [-0.2, 0) is 10.0 Å². The Labute approximate surface area is 164 Å². The fourth-order valence-electron chi connectivity index (χ4n) is 3.41. The van der Waals surface area contributed by atoms with E-state index in [-0.39, 0.29) is 5.82 Å². The second-order valence-corrected chi connectivity index (χ2v) is 9.04. The van der Waals surface area contributed by atoms with E-state index in [1.54, 1.807) is 47.6 Å². The molecule has 2 aromatic carbocycles. The summed E-state index contributed by atoms with van der Waals surface area (Å²) in [7, 11) is -3.47. The number of aryl methyl sites for hydroxylation is 1. The summed E-state index contributed by atoms with van der Waals surface area (Å²) in [6.07, 6.45) is 2.89. The molecule has 1 aliphatic heterocycles. The number of nitrogens with one attached hydrogen (secondary N) is 1. The van der Waals surface area contributed by atoms with E-state index in [0.717, 1.165) is 24.6 Å². The average Bonchev–Trinajstić information content (AvgIpc) is 2.71. The van der Waals surface area contributed by atoms with Crippen LogP contribution in [0.4, 0.5) is 15.9 Å². The van der Waals surface area contributed by atoms with E-state index in [2.05, 4.69) is 10.3 Å². The second kappa shape index (κ2) is 7.48. The van der Waals surface area contributed by atoms with Crippen molar-refractivity contribution in [2.24, 2.45) is 0 Å². The van der Waals surface area contributed by atoms with E-state index in [1.807, 2.05) is 6.07 Å². The first-order valence-electron chi connectivity index (χ1n) is 9.38. The average molecular weight is 399 g/mol. The molecule has 1 aliphatic rings. The molecule has 5 nitrogen and oxygen atoms in total. The van der Waals surface area contributed by atoms with E-state index in [9.17, 15) is 12.8 Å². The lowest BCUT2D eigenvalue weighted by atomic mass is 10.2. The number of hydrogen-bond acceptors (Lipinski definition) is 4. The summed E-state index contributed by atoms with van der Waals surface area (Å²) in [5, 5.41) is 3.83. The maximum atomic E-state index is 13.7. The molecule has 0 amide bonds. The van der Waals surface area contributed by atoms with Crippen molar-refractivity contribution in [2.45, 2.75) is 31.1 Å². The highest BCUT2D eigenvalue weighted by molar-refractivity contribution is 7.89. The van der Waals surface area contributed by atoms with Gasteiger partial charge in [0.05, 0.1) is 10.4 Å². The van der Waals surface area contributed by atoms with Gasteiger partial charge in [-0.1, -0.05) is 12.5 Å². The van der Waals surface area contributed by atoms with Crippen molar-refractivity contribution in [3.63, 3.8) is 0 Å². The van der Waals surface area contributed by atoms with Crippen LogP contribution in [0.25, 0.3) is 10.9 Å². The Morgan fingerprint density at radius 1 is 1.00 bits per heavy atom. The fourth-order valence-corrected chi connectivity index (χ4v) is 4.96. The molecule has 0 saturated carbocycles. The largest absolute Gasteiger partial charge is 0.340 e. The molecule has 3 aromatic rings. The SMILES string of the molecule is Cc1ccc(Nc2ccc3cc(S(=O)(=O)N4CCCCC4)ccc3n2)cc1F. The molecule has 0 unspecified atom stereocenters. The minimum Gasteiger partial charge on any atom is -0.340 e. The molecule has 1 N–H and O–H groups in total. The number of rotatable bonds is 4. The zero-order valence-corrected chi connectivity index (χ0v) is 16.5. The summed E-state index contributed by atoms with van der Waals surface area (Å²) in [5.74, 6) is 0.292. The smallest absolute Gasteiger partial charge is 0.243 e. The summed E-state index contributed by atoms with van der Waals surface area (Å²) in [4.78, 5) is 4.81. The van der Waals surface area contributed by atoms with E-state index >= 15 is 0 Å². The first kappa shape index (κ1) is 18.8. The highest BCUT2D eigenvalue weighted by Gasteiger charge is 2.26. The third-order valence-corrected chi connectivity index (χ3v) is 6.95. The number of piperidine rings is 1. The summed E-state index contributed by atoms with van der Waals surface area (Å²) < 4.78 is 41.0. The van der Waals surface area contributed by atoms with Crippen LogP contribution in [0.5, 0.6) is 0 Å². The lowest BCUT2D eigenvalue weighted by Crippen LogP contribution is -2.35. The number of nitrogens with zero attached hydrogens (tertiary/aromatic N) is 2. The number of sulfonamides is 1. The second-order valence-electron chi connectivity index (χ2n) is 7.10. The van der Waals surface area contributed by atoms with Crippen molar-refractivity contribution in [2.75, 3.05) is 18.4 Å². The molecule has 146 valence electrons. The van der Waals surface area contributed by atoms with Gasteiger partial charge in [-0.25, -0.2) is 17.8 Å². The molecule has 28 heavy (non-hydrogen) atoms. The van der Waals surface area contributed by atoms with Crippen LogP contribution < -0.4 is 5.32 Å². The molecule has 7 heteroatoms. The molecule has 0 bridgehead atoms. The number of benzene rings is 2. The van der Waals surface area contributed by atoms with E-state index < -0.39 is 10.0 Å². The Bertz CT molecular complexity index is 1130. The number of fused-ring (bicyclic) bond motifs is 1. The van der Waals surface area contributed by atoms with Gasteiger partial charge in [-0.15, -0.1) is 0 Å². The molecule has 2 heterocycles. The Hall–Kier alpha value is -2.51. The monoisotopic (exact) mass is 399 g/mol. The minimum absolute atomic E-state index is 0.279. The molecule has 1 fully saturated rings. The highest BCUT2D eigenvalue weighted by Crippen LogP contribution is 2.25. The Morgan fingerprint density at radius 3 is 2.54 bits per heavy atom. The number of anilines is 2. The quantitative estimate of drug-likeness (QED) is 0.696. The van der Waals surface area contributed by atoms with Gasteiger partial charge in [0.2, 0.25) is 10.0 Å². The molecule has 4 rings (SSSR count). The third-order valence-electron chi connectivity index (χ3n) is 5.06. The Balaban J connectivity index is 1.61.